The molecule has 5 heteroatoms. The van der Waals surface area contributed by atoms with Crippen molar-refractivity contribution in [3.63, 3.8) is 0 Å². The van der Waals surface area contributed by atoms with E-state index >= 15 is 0 Å². The van der Waals surface area contributed by atoms with Gasteiger partial charge in [-0.1, -0.05) is 249 Å². The molecule has 3 aromatic carbocycles. The zero-order chi connectivity index (χ0) is 56.6. The average molecular weight is 988 g/mol. The maximum absolute atomic E-state index is 13.9. The fraction of sp³-hybridized carbons (Fsp3) is 0.597. The van der Waals surface area contributed by atoms with Crippen molar-refractivity contribution in [2.75, 3.05) is 5.73 Å². The number of aromatic nitrogens is 3. The third-order valence-electron chi connectivity index (χ3n) is 12.7. The molecule has 5 aromatic rings. The van der Waals surface area contributed by atoms with E-state index in [0.29, 0.717) is 5.92 Å². The molecule has 0 radical (unpaired) electrons. The molecule has 4 nitrogen and oxygen atoms in total. The first-order valence-electron chi connectivity index (χ1n) is 26.6. The molecular weight excluding hydrogens is 880 g/mol. The van der Waals surface area contributed by atoms with Crippen LogP contribution in [0, 0.1) is 12.7 Å². The molecule has 2 heterocycles. The number of nitrogens with two attached hydrogens (primary N) is 1. The Labute approximate surface area is 443 Å². The summed E-state index contributed by atoms with van der Waals surface area (Å²) in [4.78, 5) is 4.44. The van der Waals surface area contributed by atoms with E-state index in [4.69, 9.17) is 5.73 Å². The number of benzene rings is 3. The number of rotatable bonds is 1. The van der Waals surface area contributed by atoms with Crippen LogP contribution in [-0.2, 0) is 48.7 Å². The highest BCUT2D eigenvalue weighted by atomic mass is 19.1. The summed E-state index contributed by atoms with van der Waals surface area (Å²) in [6.07, 6.45) is 2.00. The van der Waals surface area contributed by atoms with Crippen molar-refractivity contribution in [1.82, 2.24) is 15.2 Å². The Hall–Kier alpha value is -4.38. The minimum atomic E-state index is -0.125. The normalized spacial score (nSPS) is 12.8. The van der Waals surface area contributed by atoms with E-state index in [1.807, 2.05) is 39.1 Å². The van der Waals surface area contributed by atoms with E-state index in [1.54, 1.807) is 6.07 Å². The Morgan fingerprint density at radius 2 is 0.708 bits per heavy atom. The molecule has 0 saturated carbocycles. The number of halogens is 1. The maximum Gasteiger partial charge on any atom is 0.127 e. The monoisotopic (exact) mass is 987 g/mol. The first-order valence-corrected chi connectivity index (χ1v) is 26.6. The molecule has 2 N–H and O–H groups in total. The molecule has 0 aliphatic rings. The van der Waals surface area contributed by atoms with Gasteiger partial charge in [-0.3, -0.25) is 4.98 Å². The quantitative estimate of drug-likeness (QED) is 0.170. The average Bonchev–Trinajstić information content (AvgIpc) is 3.18. The van der Waals surface area contributed by atoms with Gasteiger partial charge in [0.2, 0.25) is 0 Å². The molecule has 0 bridgehead atoms. The smallest absolute Gasteiger partial charge is 0.127 e. The Morgan fingerprint density at radius 1 is 0.375 bits per heavy atom. The Morgan fingerprint density at radius 3 is 0.972 bits per heavy atom. The van der Waals surface area contributed by atoms with Crippen molar-refractivity contribution in [2.45, 2.75) is 262 Å². The molecule has 0 saturated heterocycles. The molecule has 5 rings (SSSR count). The van der Waals surface area contributed by atoms with Gasteiger partial charge >= 0.3 is 0 Å². The summed E-state index contributed by atoms with van der Waals surface area (Å²) in [5, 5.41) is 8.53. The van der Waals surface area contributed by atoms with Crippen molar-refractivity contribution < 1.29 is 4.39 Å². The molecule has 0 atom stereocenters. The molecule has 402 valence electrons. The molecule has 0 aliphatic heterocycles. The van der Waals surface area contributed by atoms with Crippen molar-refractivity contribution in [2.24, 2.45) is 0 Å². The zero-order valence-corrected chi connectivity index (χ0v) is 52.0. The van der Waals surface area contributed by atoms with E-state index in [1.165, 1.54) is 39.1 Å². The SMILES string of the molecule is CC(C)(C)c1ccc(C(C)(C)C)c(F)c1.CC(C)(C)c1ccc(C(C)(C)C)c(N)c1.CC(C)(C)c1ccc(C(C)(C)C)nn1.CC(C)c1ccc(C(C)(C)C)cn1.Cc1cc(C(C)(C)C)ccc1C(C)(C)C. The third kappa shape index (κ3) is 21.6. The van der Waals surface area contributed by atoms with Crippen LogP contribution in [0.15, 0.2) is 85.1 Å². The van der Waals surface area contributed by atoms with Crippen molar-refractivity contribution in [1.29, 1.82) is 0 Å². The summed E-state index contributed by atoms with van der Waals surface area (Å²) in [6, 6.07) is 27.4. The van der Waals surface area contributed by atoms with Crippen LogP contribution < -0.4 is 5.73 Å². The molecule has 2 aromatic heterocycles. The molecule has 72 heavy (non-hydrogen) atoms. The summed E-state index contributed by atoms with van der Waals surface area (Å²) >= 11 is 0. The van der Waals surface area contributed by atoms with Crippen molar-refractivity contribution >= 4 is 5.69 Å². The second-order valence-electron chi connectivity index (χ2n) is 29.7. The predicted molar refractivity (Wildman–Crippen MR) is 317 cm³/mol. The fourth-order valence-corrected chi connectivity index (χ4v) is 7.60. The van der Waals surface area contributed by atoms with Crippen LogP contribution in [0.2, 0.25) is 0 Å². The molecule has 0 fully saturated rings. The highest BCUT2D eigenvalue weighted by Crippen LogP contribution is 2.34. The van der Waals surface area contributed by atoms with Gasteiger partial charge in [-0.25, -0.2) is 4.39 Å². The van der Waals surface area contributed by atoms with Gasteiger partial charge in [-0.15, -0.1) is 0 Å². The third-order valence-corrected chi connectivity index (χ3v) is 12.7. The lowest BCUT2D eigenvalue weighted by molar-refractivity contribution is 0.513. The lowest BCUT2D eigenvalue weighted by atomic mass is 9.80. The van der Waals surface area contributed by atoms with Crippen molar-refractivity contribution in [3.05, 3.63) is 152 Å². The van der Waals surface area contributed by atoms with Gasteiger partial charge in [0.15, 0.2) is 0 Å². The van der Waals surface area contributed by atoms with E-state index in [9.17, 15) is 4.39 Å². The highest BCUT2D eigenvalue weighted by molar-refractivity contribution is 5.53. The zero-order valence-electron chi connectivity index (χ0n) is 52.0. The van der Waals surface area contributed by atoms with Crippen LogP contribution in [0.5, 0.6) is 0 Å². The Balaban J connectivity index is 0.000000450. The molecular formula is C67H107FN4. The molecule has 0 unspecified atom stereocenters. The van der Waals surface area contributed by atoms with Gasteiger partial charge < -0.3 is 5.73 Å². The van der Waals surface area contributed by atoms with Crippen LogP contribution in [0.4, 0.5) is 10.1 Å². The number of hydrogen-bond acceptors (Lipinski definition) is 4. The predicted octanol–water partition coefficient (Wildman–Crippen LogP) is 19.4. The van der Waals surface area contributed by atoms with Crippen molar-refractivity contribution in [3.8, 4) is 0 Å². The molecule has 0 aliphatic carbocycles. The van der Waals surface area contributed by atoms with Gasteiger partial charge in [0.1, 0.15) is 5.82 Å². The summed E-state index contributed by atoms with van der Waals surface area (Å²) < 4.78 is 13.9. The Kier molecular flexibility index (Phi) is 22.2. The first kappa shape index (κ1) is 65.6. The van der Waals surface area contributed by atoms with Gasteiger partial charge in [-0.2, -0.15) is 10.2 Å². The van der Waals surface area contributed by atoms with E-state index < -0.39 is 0 Å². The second-order valence-corrected chi connectivity index (χ2v) is 29.7. The van der Waals surface area contributed by atoms with Gasteiger partial charge in [0.05, 0.1) is 11.4 Å². The highest BCUT2D eigenvalue weighted by Gasteiger charge is 2.24. The fourth-order valence-electron chi connectivity index (χ4n) is 7.60. The molecule has 0 amide bonds. The Bertz CT molecular complexity index is 2220. The summed E-state index contributed by atoms with van der Waals surface area (Å²) in [7, 11) is 0. The summed E-state index contributed by atoms with van der Waals surface area (Å²) in [5.74, 6) is 0.434. The number of aryl methyl sites for hydroxylation is 1. The lowest BCUT2D eigenvalue weighted by Gasteiger charge is -2.25. The number of pyridine rings is 1. The molecule has 0 spiro atoms. The number of anilines is 1. The second kappa shape index (κ2) is 24.3. The number of nitrogen functional groups attached to an aromatic ring is 1. The van der Waals surface area contributed by atoms with Crippen LogP contribution in [0.1, 0.15) is 268 Å². The van der Waals surface area contributed by atoms with Crippen LogP contribution in [0.25, 0.3) is 0 Å². The summed E-state index contributed by atoms with van der Waals surface area (Å²) in [5.41, 5.74) is 21.3. The van der Waals surface area contributed by atoms with Gasteiger partial charge in [0.25, 0.3) is 0 Å². The summed E-state index contributed by atoms with van der Waals surface area (Å²) in [6.45, 7) is 65.2. The largest absolute Gasteiger partial charge is 0.398 e. The minimum absolute atomic E-state index is 0.0112. The van der Waals surface area contributed by atoms with E-state index in [2.05, 4.69) is 263 Å². The van der Waals surface area contributed by atoms with Crippen LogP contribution >= 0.6 is 0 Å². The van der Waals surface area contributed by atoms with E-state index in [-0.39, 0.29) is 54.6 Å². The van der Waals surface area contributed by atoms with Crippen LogP contribution in [-0.4, -0.2) is 15.2 Å². The number of nitrogens with zero attached hydrogens (tertiary/aromatic N) is 3. The van der Waals surface area contributed by atoms with Gasteiger partial charge in [-0.05, 0) is 126 Å². The van der Waals surface area contributed by atoms with E-state index in [0.717, 1.165) is 28.2 Å². The number of hydrogen-bond donors (Lipinski definition) is 1. The maximum atomic E-state index is 13.9. The lowest BCUT2D eigenvalue weighted by Crippen LogP contribution is -2.18. The standard InChI is InChI=1S/C15H24.C14H21F.C14H23N.C12H20N2.C12H19N/c1-11-10-12(14(2,3)4)8-9-13(11)15(5,6)7;2*1-13(2,3)10-7-8-11(12(15)9-10)14(4,5)6;1-11(2,3)9-7-8-10(14-13-9)12(4,5)6;1-9(2)11-7-6-10(8-13-11)12(3,4)5/h8-10H,1-7H3;7-9H,1-6H3;7-9H,15H2,1-6H3;7-8H,1-6H3;6-9H,1-5H3. The van der Waals surface area contributed by atoms with Gasteiger partial charge in [0, 0.05) is 28.4 Å². The topological polar surface area (TPSA) is 64.7 Å². The van der Waals surface area contributed by atoms with Crippen LogP contribution in [0.3, 0.4) is 0 Å². The first-order chi connectivity index (χ1) is 32.0. The minimum Gasteiger partial charge on any atom is -0.398 e.